The molecule has 1 amide bonds. The zero-order chi connectivity index (χ0) is 11.5. The van der Waals surface area contributed by atoms with E-state index in [1.165, 1.54) is 0 Å². The van der Waals surface area contributed by atoms with Crippen molar-refractivity contribution in [2.24, 2.45) is 5.73 Å². The number of hydrogen-bond acceptors (Lipinski definition) is 4. The zero-order valence-electron chi connectivity index (χ0n) is 9.89. The number of ether oxygens (including phenoxy) is 1. The van der Waals surface area contributed by atoms with Crippen molar-refractivity contribution in [3.63, 3.8) is 0 Å². The summed E-state index contributed by atoms with van der Waals surface area (Å²) in [7, 11) is 0. The first-order valence-corrected chi connectivity index (χ1v) is 6.03. The zero-order valence-corrected chi connectivity index (χ0v) is 9.89. The Bertz CT molecular complexity index is 254. The Balaban J connectivity index is 1.84. The van der Waals surface area contributed by atoms with E-state index < -0.39 is 0 Å². The van der Waals surface area contributed by atoms with Gasteiger partial charge < -0.3 is 10.5 Å². The predicted octanol–water partition coefficient (Wildman–Crippen LogP) is -0.733. The Morgan fingerprint density at radius 1 is 1.38 bits per heavy atom. The number of likely N-dealkylation sites (tertiary alicyclic amines) is 1. The lowest BCUT2D eigenvalue weighted by molar-refractivity contribution is -0.122. The maximum atomic E-state index is 11.1. The van der Waals surface area contributed by atoms with Gasteiger partial charge in [-0.15, -0.1) is 0 Å². The van der Waals surface area contributed by atoms with Crippen LogP contribution in [0, 0.1) is 0 Å². The average molecular weight is 227 g/mol. The van der Waals surface area contributed by atoms with E-state index in [1.807, 2.05) is 6.92 Å². The fourth-order valence-electron chi connectivity index (χ4n) is 2.54. The van der Waals surface area contributed by atoms with Crippen LogP contribution in [0.4, 0.5) is 0 Å². The van der Waals surface area contributed by atoms with Crippen LogP contribution in [-0.2, 0) is 9.53 Å². The molecule has 0 saturated carbocycles. The highest BCUT2D eigenvalue weighted by molar-refractivity contribution is 5.79. The number of nitrogens with two attached hydrogens (primary N) is 1. The van der Waals surface area contributed by atoms with Gasteiger partial charge in [-0.3, -0.25) is 14.6 Å². The van der Waals surface area contributed by atoms with Crippen LogP contribution in [0.5, 0.6) is 0 Å². The fourth-order valence-corrected chi connectivity index (χ4v) is 2.54. The van der Waals surface area contributed by atoms with Crippen LogP contribution in [-0.4, -0.2) is 67.2 Å². The Hall–Kier alpha value is -0.650. The van der Waals surface area contributed by atoms with Gasteiger partial charge in [0, 0.05) is 32.2 Å². The van der Waals surface area contributed by atoms with Gasteiger partial charge in [-0.25, -0.2) is 0 Å². The normalized spacial score (nSPS) is 30.4. The molecule has 0 aromatic carbocycles. The molecule has 2 N–H and O–H groups in total. The minimum absolute atomic E-state index is 0.133. The fraction of sp³-hybridized carbons (Fsp3) is 0.909. The minimum atomic E-state index is -0.220. The molecule has 2 fully saturated rings. The molecule has 0 spiro atoms. The SMILES string of the molecule is CC(C(N)=O)N1CCC(N2CCOCC2)C1. The van der Waals surface area contributed by atoms with Crippen molar-refractivity contribution in [1.29, 1.82) is 0 Å². The smallest absolute Gasteiger partial charge is 0.234 e. The average Bonchev–Trinajstić information content (AvgIpc) is 2.78. The van der Waals surface area contributed by atoms with Crippen molar-refractivity contribution < 1.29 is 9.53 Å². The Morgan fingerprint density at radius 2 is 2.06 bits per heavy atom. The van der Waals surface area contributed by atoms with Crippen molar-refractivity contribution in [2.45, 2.75) is 25.4 Å². The second kappa shape index (κ2) is 5.12. The van der Waals surface area contributed by atoms with Crippen molar-refractivity contribution in [2.75, 3.05) is 39.4 Å². The second-order valence-electron chi connectivity index (χ2n) is 4.66. The molecule has 2 aliphatic heterocycles. The van der Waals surface area contributed by atoms with Crippen molar-refractivity contribution in [3.8, 4) is 0 Å². The summed E-state index contributed by atoms with van der Waals surface area (Å²) in [5.41, 5.74) is 5.33. The molecule has 16 heavy (non-hydrogen) atoms. The van der Waals surface area contributed by atoms with Gasteiger partial charge in [0.1, 0.15) is 0 Å². The van der Waals surface area contributed by atoms with Crippen molar-refractivity contribution in [3.05, 3.63) is 0 Å². The number of morpholine rings is 1. The lowest BCUT2D eigenvalue weighted by Crippen LogP contribution is -2.47. The Morgan fingerprint density at radius 3 is 2.69 bits per heavy atom. The molecule has 0 aromatic heterocycles. The van der Waals surface area contributed by atoms with Crippen LogP contribution >= 0.6 is 0 Å². The maximum Gasteiger partial charge on any atom is 0.234 e. The van der Waals surface area contributed by atoms with Gasteiger partial charge in [-0.05, 0) is 13.3 Å². The van der Waals surface area contributed by atoms with Gasteiger partial charge in [0.2, 0.25) is 5.91 Å². The van der Waals surface area contributed by atoms with Gasteiger partial charge in [-0.1, -0.05) is 0 Å². The summed E-state index contributed by atoms with van der Waals surface area (Å²) in [5.74, 6) is -0.220. The van der Waals surface area contributed by atoms with Crippen LogP contribution in [0.3, 0.4) is 0 Å². The molecule has 5 nitrogen and oxygen atoms in total. The number of carbonyl (C=O) groups is 1. The van der Waals surface area contributed by atoms with E-state index in [1.54, 1.807) is 0 Å². The molecule has 0 radical (unpaired) electrons. The van der Waals surface area contributed by atoms with E-state index in [0.717, 1.165) is 45.8 Å². The van der Waals surface area contributed by atoms with Crippen molar-refractivity contribution >= 4 is 5.91 Å². The van der Waals surface area contributed by atoms with Crippen LogP contribution < -0.4 is 5.73 Å². The first kappa shape index (κ1) is 11.8. The van der Waals surface area contributed by atoms with Crippen LogP contribution in [0.15, 0.2) is 0 Å². The van der Waals surface area contributed by atoms with Gasteiger partial charge >= 0.3 is 0 Å². The molecule has 92 valence electrons. The quantitative estimate of drug-likeness (QED) is 0.690. The first-order chi connectivity index (χ1) is 7.68. The highest BCUT2D eigenvalue weighted by Gasteiger charge is 2.32. The van der Waals surface area contributed by atoms with Gasteiger partial charge in [0.25, 0.3) is 0 Å². The molecule has 5 heteroatoms. The summed E-state index contributed by atoms with van der Waals surface area (Å²) in [4.78, 5) is 15.8. The number of nitrogens with zero attached hydrogens (tertiary/aromatic N) is 2. The predicted molar refractivity (Wildman–Crippen MR) is 61.0 cm³/mol. The third-order valence-corrected chi connectivity index (χ3v) is 3.72. The van der Waals surface area contributed by atoms with E-state index in [-0.39, 0.29) is 11.9 Å². The standard InChI is InChI=1S/C11H21N3O2/c1-9(11(12)15)14-3-2-10(8-14)13-4-6-16-7-5-13/h9-10H,2-8H2,1H3,(H2,12,15). The molecule has 2 heterocycles. The number of rotatable bonds is 3. The molecule has 2 aliphatic rings. The highest BCUT2D eigenvalue weighted by atomic mass is 16.5. The molecule has 0 bridgehead atoms. The number of amides is 1. The molecule has 2 rings (SSSR count). The van der Waals surface area contributed by atoms with E-state index in [0.29, 0.717) is 6.04 Å². The summed E-state index contributed by atoms with van der Waals surface area (Å²) in [6, 6.07) is 0.441. The molecule has 2 saturated heterocycles. The molecule has 2 unspecified atom stereocenters. The van der Waals surface area contributed by atoms with E-state index in [4.69, 9.17) is 10.5 Å². The number of hydrogen-bond donors (Lipinski definition) is 1. The third kappa shape index (κ3) is 2.53. The maximum absolute atomic E-state index is 11.1. The van der Waals surface area contributed by atoms with Crippen LogP contribution in [0.25, 0.3) is 0 Å². The monoisotopic (exact) mass is 227 g/mol. The lowest BCUT2D eigenvalue weighted by atomic mass is 10.2. The van der Waals surface area contributed by atoms with Crippen molar-refractivity contribution in [1.82, 2.24) is 9.80 Å². The Kier molecular flexibility index (Phi) is 3.78. The summed E-state index contributed by atoms with van der Waals surface area (Å²) < 4.78 is 5.34. The largest absolute Gasteiger partial charge is 0.379 e. The second-order valence-corrected chi connectivity index (χ2v) is 4.66. The topological polar surface area (TPSA) is 58.8 Å². The summed E-state index contributed by atoms with van der Waals surface area (Å²) in [5, 5.41) is 0. The summed E-state index contributed by atoms with van der Waals surface area (Å²) in [6.45, 7) is 7.54. The lowest BCUT2D eigenvalue weighted by Gasteiger charge is -2.32. The molecule has 2 atom stereocenters. The highest BCUT2D eigenvalue weighted by Crippen LogP contribution is 2.18. The Labute approximate surface area is 96.5 Å². The molecular weight excluding hydrogens is 206 g/mol. The van der Waals surface area contributed by atoms with Gasteiger partial charge in [0.05, 0.1) is 19.3 Å². The van der Waals surface area contributed by atoms with Gasteiger partial charge in [0.15, 0.2) is 0 Å². The first-order valence-electron chi connectivity index (χ1n) is 6.03. The number of primary amides is 1. The number of carbonyl (C=O) groups excluding carboxylic acids is 1. The van der Waals surface area contributed by atoms with E-state index in [2.05, 4.69) is 9.80 Å². The van der Waals surface area contributed by atoms with E-state index in [9.17, 15) is 4.79 Å². The van der Waals surface area contributed by atoms with Crippen LogP contribution in [0.2, 0.25) is 0 Å². The van der Waals surface area contributed by atoms with Crippen LogP contribution in [0.1, 0.15) is 13.3 Å². The minimum Gasteiger partial charge on any atom is -0.379 e. The molecular formula is C11H21N3O2. The molecule has 0 aliphatic carbocycles. The molecule has 0 aromatic rings. The summed E-state index contributed by atoms with van der Waals surface area (Å²) >= 11 is 0. The van der Waals surface area contributed by atoms with Gasteiger partial charge in [-0.2, -0.15) is 0 Å². The summed E-state index contributed by atoms with van der Waals surface area (Å²) in [6.07, 6.45) is 1.14. The van der Waals surface area contributed by atoms with E-state index >= 15 is 0 Å². The third-order valence-electron chi connectivity index (χ3n) is 3.72.